The van der Waals surface area contributed by atoms with E-state index in [0.717, 1.165) is 4.47 Å². The van der Waals surface area contributed by atoms with Crippen molar-refractivity contribution < 1.29 is 27.6 Å². The number of hydrogen-bond donors (Lipinski definition) is 2. The van der Waals surface area contributed by atoms with Gasteiger partial charge in [-0.15, -0.1) is 0 Å². The van der Waals surface area contributed by atoms with E-state index in [1.54, 1.807) is 38.1 Å². The molecule has 2 N–H and O–H groups in total. The Hall–Kier alpha value is -0.800. The summed E-state index contributed by atoms with van der Waals surface area (Å²) in [5, 5.41) is 9.96. The molecule has 0 fully saturated rings. The topological polar surface area (TPSA) is 93.1 Å². The Morgan fingerprint density at radius 1 is 1.32 bits per heavy atom. The molecule has 1 rings (SSSR count). The second-order valence-electron chi connectivity index (χ2n) is 4.94. The standard InChI is InChI=1S/C14H19BrO6S/c1-9(2)20-13(16)8-7-12(14(17)21-22(18)19)10-3-5-11(15)6-4-10/h3-6,9,12,14,17H,7-8H2,1-2H3,(H,18,19). The van der Waals surface area contributed by atoms with E-state index in [1.165, 1.54) is 0 Å². The molecule has 0 amide bonds. The van der Waals surface area contributed by atoms with Gasteiger partial charge in [0.15, 0.2) is 6.29 Å². The summed E-state index contributed by atoms with van der Waals surface area (Å²) in [5.74, 6) is -1.02. The lowest BCUT2D eigenvalue weighted by atomic mass is 9.94. The van der Waals surface area contributed by atoms with Crippen LogP contribution in [0.3, 0.4) is 0 Å². The van der Waals surface area contributed by atoms with E-state index in [9.17, 15) is 14.1 Å². The summed E-state index contributed by atoms with van der Waals surface area (Å²) >= 11 is 0.712. The molecule has 22 heavy (non-hydrogen) atoms. The molecule has 0 saturated heterocycles. The number of ether oxygens (including phenoxy) is 1. The molecule has 0 aliphatic carbocycles. The fourth-order valence-electron chi connectivity index (χ4n) is 1.93. The molecule has 0 bridgehead atoms. The molecular weight excluding hydrogens is 376 g/mol. The number of carbonyl (C=O) groups excluding carboxylic acids is 1. The summed E-state index contributed by atoms with van der Waals surface area (Å²) in [6.07, 6.45) is -1.42. The predicted molar refractivity (Wildman–Crippen MR) is 85.2 cm³/mol. The highest BCUT2D eigenvalue weighted by atomic mass is 79.9. The van der Waals surface area contributed by atoms with Gasteiger partial charge < -0.3 is 9.84 Å². The third-order valence-electron chi connectivity index (χ3n) is 2.85. The van der Waals surface area contributed by atoms with E-state index in [-0.39, 0.29) is 18.9 Å². The molecule has 3 unspecified atom stereocenters. The average molecular weight is 395 g/mol. The van der Waals surface area contributed by atoms with E-state index in [0.29, 0.717) is 5.56 Å². The van der Waals surface area contributed by atoms with Crippen LogP contribution in [0, 0.1) is 0 Å². The first-order chi connectivity index (χ1) is 10.3. The third kappa shape index (κ3) is 6.97. The van der Waals surface area contributed by atoms with Crippen molar-refractivity contribution in [3.8, 4) is 0 Å². The Bertz CT molecular complexity index is 505. The minimum atomic E-state index is -2.59. The Kier molecular flexibility index (Phi) is 8.19. The molecule has 0 saturated carbocycles. The first kappa shape index (κ1) is 19.2. The number of carbonyl (C=O) groups is 1. The molecule has 6 nitrogen and oxygen atoms in total. The molecule has 0 heterocycles. The number of hydrogen-bond acceptors (Lipinski definition) is 5. The van der Waals surface area contributed by atoms with Crippen molar-refractivity contribution in [2.24, 2.45) is 0 Å². The molecule has 0 aliphatic rings. The SMILES string of the molecule is CC(C)OC(=O)CCC(c1ccc(Br)cc1)C(O)OS(=O)O. The minimum absolute atomic E-state index is 0.0669. The van der Waals surface area contributed by atoms with Crippen LogP contribution in [-0.4, -0.2) is 32.2 Å². The molecule has 124 valence electrons. The fraction of sp³-hybridized carbons (Fsp3) is 0.500. The molecule has 3 atom stereocenters. The van der Waals surface area contributed by atoms with Gasteiger partial charge in [0.05, 0.1) is 6.10 Å². The maximum Gasteiger partial charge on any atom is 0.306 e. The van der Waals surface area contributed by atoms with E-state index >= 15 is 0 Å². The summed E-state index contributed by atoms with van der Waals surface area (Å²) in [5.41, 5.74) is 0.693. The lowest BCUT2D eigenvalue weighted by Gasteiger charge is -2.21. The lowest BCUT2D eigenvalue weighted by Crippen LogP contribution is -2.24. The number of halogens is 1. The van der Waals surface area contributed by atoms with Crippen molar-refractivity contribution in [3.63, 3.8) is 0 Å². The molecule has 8 heteroatoms. The maximum atomic E-state index is 11.6. The second-order valence-corrected chi connectivity index (χ2v) is 6.48. The van der Waals surface area contributed by atoms with E-state index < -0.39 is 29.5 Å². The number of rotatable bonds is 8. The van der Waals surface area contributed by atoms with Crippen LogP contribution >= 0.6 is 15.9 Å². The maximum absolute atomic E-state index is 11.6. The summed E-state index contributed by atoms with van der Waals surface area (Å²) in [7, 11) is 0. The van der Waals surface area contributed by atoms with Gasteiger partial charge in [-0.05, 0) is 38.0 Å². The summed E-state index contributed by atoms with van der Waals surface area (Å²) in [4.78, 5) is 11.6. The van der Waals surface area contributed by atoms with Crippen LogP contribution in [0.2, 0.25) is 0 Å². The van der Waals surface area contributed by atoms with Gasteiger partial charge in [-0.25, -0.2) is 4.18 Å². The predicted octanol–water partition coefficient (Wildman–Crippen LogP) is 2.74. The van der Waals surface area contributed by atoms with Gasteiger partial charge in [-0.1, -0.05) is 28.1 Å². The Balaban J connectivity index is 2.80. The van der Waals surface area contributed by atoms with E-state index in [2.05, 4.69) is 20.1 Å². The largest absolute Gasteiger partial charge is 0.463 e. The van der Waals surface area contributed by atoms with Crippen molar-refractivity contribution in [2.45, 2.75) is 45.0 Å². The van der Waals surface area contributed by atoms with E-state index in [4.69, 9.17) is 9.29 Å². The van der Waals surface area contributed by atoms with Crippen molar-refractivity contribution >= 4 is 33.3 Å². The van der Waals surface area contributed by atoms with Gasteiger partial charge in [0.25, 0.3) is 0 Å². The Morgan fingerprint density at radius 2 is 1.91 bits per heavy atom. The van der Waals surface area contributed by atoms with E-state index in [1.807, 2.05) is 0 Å². The summed E-state index contributed by atoms with van der Waals surface area (Å²) < 4.78 is 29.9. The van der Waals surface area contributed by atoms with Crippen LogP contribution in [0.4, 0.5) is 0 Å². The zero-order valence-electron chi connectivity index (χ0n) is 12.3. The van der Waals surface area contributed by atoms with Gasteiger partial charge in [-0.3, -0.25) is 9.35 Å². The van der Waals surface area contributed by atoms with Crippen LogP contribution < -0.4 is 0 Å². The van der Waals surface area contributed by atoms with Crippen LogP contribution in [0.25, 0.3) is 0 Å². The minimum Gasteiger partial charge on any atom is -0.463 e. The van der Waals surface area contributed by atoms with Crippen LogP contribution in [0.15, 0.2) is 28.7 Å². The van der Waals surface area contributed by atoms with Crippen molar-refractivity contribution in [1.29, 1.82) is 0 Å². The molecule has 0 spiro atoms. The van der Waals surface area contributed by atoms with Crippen LogP contribution in [0.1, 0.15) is 38.2 Å². The number of aliphatic hydroxyl groups is 1. The smallest absolute Gasteiger partial charge is 0.306 e. The Labute approximate surface area is 140 Å². The van der Waals surface area contributed by atoms with Crippen molar-refractivity contribution in [3.05, 3.63) is 34.3 Å². The molecule has 0 aromatic heterocycles. The Morgan fingerprint density at radius 3 is 2.41 bits per heavy atom. The normalized spacial score (nSPS) is 15.4. The highest BCUT2D eigenvalue weighted by molar-refractivity contribution is 9.10. The summed E-state index contributed by atoms with van der Waals surface area (Å²) in [6, 6.07) is 7.04. The molecule has 0 aliphatic heterocycles. The number of esters is 1. The summed E-state index contributed by atoms with van der Waals surface area (Å²) in [6.45, 7) is 3.49. The first-order valence-corrected chi connectivity index (χ1v) is 8.53. The van der Waals surface area contributed by atoms with Gasteiger partial charge in [0, 0.05) is 16.8 Å². The third-order valence-corrected chi connectivity index (χ3v) is 3.74. The van der Waals surface area contributed by atoms with Gasteiger partial charge in [-0.2, -0.15) is 4.21 Å². The lowest BCUT2D eigenvalue weighted by molar-refractivity contribution is -0.147. The highest BCUT2D eigenvalue weighted by Gasteiger charge is 2.25. The molecule has 0 radical (unpaired) electrons. The molecule has 1 aromatic rings. The van der Waals surface area contributed by atoms with Crippen molar-refractivity contribution in [1.82, 2.24) is 0 Å². The van der Waals surface area contributed by atoms with Crippen molar-refractivity contribution in [2.75, 3.05) is 0 Å². The number of benzene rings is 1. The molecular formula is C14H19BrO6S. The highest BCUT2D eigenvalue weighted by Crippen LogP contribution is 2.28. The first-order valence-electron chi connectivity index (χ1n) is 6.70. The zero-order valence-corrected chi connectivity index (χ0v) is 14.7. The number of aliphatic hydroxyl groups excluding tert-OH is 1. The molecule has 1 aromatic carbocycles. The second kappa shape index (κ2) is 9.36. The quantitative estimate of drug-likeness (QED) is 0.400. The zero-order chi connectivity index (χ0) is 16.7. The van der Waals surface area contributed by atoms with Crippen LogP contribution in [-0.2, 0) is 25.1 Å². The van der Waals surface area contributed by atoms with Gasteiger partial charge in [0.1, 0.15) is 0 Å². The van der Waals surface area contributed by atoms with Gasteiger partial charge >= 0.3 is 17.3 Å². The average Bonchev–Trinajstić information content (AvgIpc) is 2.39. The monoisotopic (exact) mass is 394 g/mol. The van der Waals surface area contributed by atoms with Crippen LogP contribution in [0.5, 0.6) is 0 Å². The van der Waals surface area contributed by atoms with Gasteiger partial charge in [0.2, 0.25) is 0 Å². The fourth-order valence-corrected chi connectivity index (χ4v) is 2.50.